The Balaban J connectivity index is 1.45. The summed E-state index contributed by atoms with van der Waals surface area (Å²) in [4.78, 5) is 22.6. The lowest BCUT2D eigenvalue weighted by molar-refractivity contribution is -0.117. The van der Waals surface area contributed by atoms with Gasteiger partial charge in [0, 0.05) is 42.5 Å². The summed E-state index contributed by atoms with van der Waals surface area (Å²) in [5.74, 6) is 0.284. The highest BCUT2D eigenvalue weighted by atomic mass is 32.1. The number of rotatable bonds is 3. The number of likely N-dealkylation sites (tertiary alicyclic amines) is 1. The molecule has 4 heterocycles. The Bertz CT molecular complexity index is 714. The number of carbonyl (C=O) groups excluding carboxylic acids is 1. The summed E-state index contributed by atoms with van der Waals surface area (Å²) in [6.45, 7) is 5.89. The van der Waals surface area contributed by atoms with E-state index in [0.717, 1.165) is 43.3 Å². The minimum Gasteiger partial charge on any atom is -0.303 e. The van der Waals surface area contributed by atoms with Crippen molar-refractivity contribution in [3.63, 3.8) is 0 Å². The summed E-state index contributed by atoms with van der Waals surface area (Å²) >= 11 is 1.72. The van der Waals surface area contributed by atoms with Gasteiger partial charge >= 0.3 is 0 Å². The van der Waals surface area contributed by atoms with Gasteiger partial charge in [0.15, 0.2) is 0 Å². The van der Waals surface area contributed by atoms with Crippen molar-refractivity contribution in [1.29, 1.82) is 0 Å². The van der Waals surface area contributed by atoms with E-state index in [1.807, 2.05) is 23.2 Å². The Labute approximate surface area is 140 Å². The van der Waals surface area contributed by atoms with Crippen LogP contribution < -0.4 is 4.90 Å². The first-order valence-corrected chi connectivity index (χ1v) is 8.94. The predicted molar refractivity (Wildman–Crippen MR) is 92.6 cm³/mol. The van der Waals surface area contributed by atoms with E-state index in [1.54, 1.807) is 11.3 Å². The van der Waals surface area contributed by atoms with Gasteiger partial charge in [0.25, 0.3) is 0 Å². The maximum absolute atomic E-state index is 12.5. The number of thiophene rings is 1. The van der Waals surface area contributed by atoms with Crippen molar-refractivity contribution in [2.24, 2.45) is 5.41 Å². The fourth-order valence-electron chi connectivity index (χ4n) is 3.82. The van der Waals surface area contributed by atoms with Gasteiger partial charge in [0.05, 0.1) is 10.7 Å². The summed E-state index contributed by atoms with van der Waals surface area (Å²) in [5, 5.41) is 1.10. The van der Waals surface area contributed by atoms with E-state index in [0.29, 0.717) is 6.42 Å². The van der Waals surface area contributed by atoms with E-state index in [-0.39, 0.29) is 11.3 Å². The van der Waals surface area contributed by atoms with E-state index in [1.165, 1.54) is 4.88 Å². The summed E-state index contributed by atoms with van der Waals surface area (Å²) in [5.41, 5.74) is 1.24. The van der Waals surface area contributed by atoms with Gasteiger partial charge in [0.1, 0.15) is 0 Å². The number of hydrogen-bond acceptors (Lipinski definition) is 4. The van der Waals surface area contributed by atoms with Crippen LogP contribution in [0, 0.1) is 12.3 Å². The van der Waals surface area contributed by atoms with E-state index >= 15 is 0 Å². The molecule has 0 aliphatic carbocycles. The third-order valence-corrected chi connectivity index (χ3v) is 5.97. The van der Waals surface area contributed by atoms with E-state index in [4.69, 9.17) is 0 Å². The van der Waals surface area contributed by atoms with Gasteiger partial charge < -0.3 is 4.90 Å². The maximum Gasteiger partial charge on any atom is 0.228 e. The summed E-state index contributed by atoms with van der Waals surface area (Å²) in [6, 6.07) is 10.2. The first-order chi connectivity index (χ1) is 11.1. The summed E-state index contributed by atoms with van der Waals surface area (Å²) in [7, 11) is 0. The highest BCUT2D eigenvalue weighted by molar-refractivity contribution is 7.16. The van der Waals surface area contributed by atoms with Crippen LogP contribution in [0.3, 0.4) is 0 Å². The van der Waals surface area contributed by atoms with Crippen LogP contribution in [0.4, 0.5) is 5.00 Å². The van der Waals surface area contributed by atoms with Crippen LogP contribution in [0.2, 0.25) is 0 Å². The second kappa shape index (κ2) is 5.73. The molecule has 2 aliphatic heterocycles. The van der Waals surface area contributed by atoms with E-state index in [2.05, 4.69) is 35.0 Å². The molecule has 2 saturated heterocycles. The number of hydrogen-bond donors (Lipinski definition) is 0. The van der Waals surface area contributed by atoms with Crippen LogP contribution >= 0.6 is 11.3 Å². The van der Waals surface area contributed by atoms with Crippen molar-refractivity contribution in [2.45, 2.75) is 26.3 Å². The van der Waals surface area contributed by atoms with Gasteiger partial charge in [0.2, 0.25) is 5.91 Å². The first-order valence-electron chi connectivity index (χ1n) is 8.13. The quantitative estimate of drug-likeness (QED) is 0.869. The number of aryl methyl sites for hydroxylation is 1. The van der Waals surface area contributed by atoms with Gasteiger partial charge in [-0.3, -0.25) is 14.7 Å². The van der Waals surface area contributed by atoms with Gasteiger partial charge in [-0.25, -0.2) is 0 Å². The first kappa shape index (κ1) is 14.8. The third kappa shape index (κ3) is 2.91. The lowest BCUT2D eigenvalue weighted by Crippen LogP contribution is -2.31. The van der Waals surface area contributed by atoms with Crippen LogP contribution in [0.5, 0.6) is 0 Å². The molecule has 4 nitrogen and oxygen atoms in total. The van der Waals surface area contributed by atoms with Gasteiger partial charge in [-0.15, -0.1) is 11.3 Å². The number of nitrogens with zero attached hydrogens (tertiary/aromatic N) is 3. The molecule has 2 aliphatic rings. The van der Waals surface area contributed by atoms with Crippen LogP contribution in [-0.4, -0.2) is 35.4 Å². The van der Waals surface area contributed by atoms with Gasteiger partial charge in [-0.1, -0.05) is 6.07 Å². The predicted octanol–water partition coefficient (Wildman–Crippen LogP) is 3.08. The zero-order valence-electron chi connectivity index (χ0n) is 13.4. The molecule has 2 aromatic heterocycles. The number of aromatic nitrogens is 1. The highest BCUT2D eigenvalue weighted by Crippen LogP contribution is 2.43. The standard InChI is InChI=1S/C18H21N3OS/c1-14-5-6-17(23-14)21-13-18(10-16(21)22)7-9-20(12-18)11-15-4-2-3-8-19-15/h2-6,8H,7,9-13H2,1H3/t18-/m0/s1. The Morgan fingerprint density at radius 2 is 2.17 bits per heavy atom. The second-order valence-electron chi connectivity index (χ2n) is 6.82. The molecule has 120 valence electrons. The molecule has 0 bridgehead atoms. The van der Waals surface area contributed by atoms with Crippen LogP contribution in [0.1, 0.15) is 23.4 Å². The normalized spacial score (nSPS) is 24.9. The lowest BCUT2D eigenvalue weighted by Gasteiger charge is -2.23. The molecule has 0 radical (unpaired) electrons. The molecule has 23 heavy (non-hydrogen) atoms. The van der Waals surface area contributed by atoms with Crippen molar-refractivity contribution >= 4 is 22.2 Å². The van der Waals surface area contributed by atoms with Crippen molar-refractivity contribution in [3.05, 3.63) is 47.1 Å². The van der Waals surface area contributed by atoms with Gasteiger partial charge in [-0.05, 0) is 44.2 Å². The van der Waals surface area contributed by atoms with E-state index in [9.17, 15) is 4.79 Å². The third-order valence-electron chi connectivity index (χ3n) is 4.94. The minimum absolute atomic E-state index is 0.129. The molecule has 5 heteroatoms. The topological polar surface area (TPSA) is 36.4 Å². The van der Waals surface area contributed by atoms with Crippen molar-refractivity contribution < 1.29 is 4.79 Å². The fraction of sp³-hybridized carbons (Fsp3) is 0.444. The minimum atomic E-state index is 0.129. The smallest absolute Gasteiger partial charge is 0.228 e. The van der Waals surface area contributed by atoms with Crippen LogP contribution in [0.15, 0.2) is 36.5 Å². The zero-order valence-corrected chi connectivity index (χ0v) is 14.2. The summed E-state index contributed by atoms with van der Waals surface area (Å²) in [6.07, 6.45) is 3.64. The number of anilines is 1. The summed E-state index contributed by atoms with van der Waals surface area (Å²) < 4.78 is 0. The number of carbonyl (C=O) groups is 1. The van der Waals surface area contributed by atoms with Crippen LogP contribution in [0.25, 0.3) is 0 Å². The Hall–Kier alpha value is -1.72. The molecule has 2 fully saturated rings. The highest BCUT2D eigenvalue weighted by Gasteiger charge is 2.47. The van der Waals surface area contributed by atoms with Crippen LogP contribution in [-0.2, 0) is 11.3 Å². The molecule has 0 N–H and O–H groups in total. The molecule has 0 saturated carbocycles. The Morgan fingerprint density at radius 1 is 1.26 bits per heavy atom. The molecule has 4 rings (SSSR count). The zero-order chi connectivity index (χ0) is 15.9. The molecule has 2 aromatic rings. The molecule has 1 atom stereocenters. The largest absolute Gasteiger partial charge is 0.303 e. The Morgan fingerprint density at radius 3 is 2.91 bits per heavy atom. The monoisotopic (exact) mass is 327 g/mol. The molecule has 0 aromatic carbocycles. The number of pyridine rings is 1. The van der Waals surface area contributed by atoms with Crippen molar-refractivity contribution in [1.82, 2.24) is 9.88 Å². The molecule has 1 spiro atoms. The van der Waals surface area contributed by atoms with Crippen molar-refractivity contribution in [3.8, 4) is 0 Å². The molecular weight excluding hydrogens is 306 g/mol. The average Bonchev–Trinajstić information content (AvgIpc) is 3.21. The van der Waals surface area contributed by atoms with E-state index < -0.39 is 0 Å². The van der Waals surface area contributed by atoms with Gasteiger partial charge in [-0.2, -0.15) is 0 Å². The Kier molecular flexibility index (Phi) is 3.70. The van der Waals surface area contributed by atoms with Crippen molar-refractivity contribution in [2.75, 3.05) is 24.5 Å². The lowest BCUT2D eigenvalue weighted by atomic mass is 9.86. The fourth-order valence-corrected chi connectivity index (χ4v) is 4.70. The second-order valence-corrected chi connectivity index (χ2v) is 8.09. The molecule has 1 amide bonds. The maximum atomic E-state index is 12.5. The molecular formula is C18H21N3OS. The average molecular weight is 327 g/mol. The molecule has 0 unspecified atom stereocenters. The SMILES string of the molecule is Cc1ccc(N2C[C@@]3(CCN(Cc4ccccn4)C3)CC2=O)s1. The number of amides is 1.